The maximum atomic E-state index is 12.7. The molecule has 1 aliphatic rings. The van der Waals surface area contributed by atoms with Crippen LogP contribution in [0.1, 0.15) is 40.7 Å². The molecule has 2 amide bonds. The Morgan fingerprint density at radius 2 is 1.59 bits per heavy atom. The highest BCUT2D eigenvalue weighted by molar-refractivity contribution is 5.94. The topological polar surface area (TPSA) is 49.4 Å². The third-order valence-corrected chi connectivity index (χ3v) is 5.49. The summed E-state index contributed by atoms with van der Waals surface area (Å²) in [6.45, 7) is 2.10. The van der Waals surface area contributed by atoms with E-state index in [9.17, 15) is 9.59 Å². The van der Waals surface area contributed by atoms with Crippen LogP contribution in [0.5, 0.6) is 0 Å². The molecule has 0 aromatic heterocycles. The molecule has 0 atom stereocenters. The maximum Gasteiger partial charge on any atom is 0.253 e. The third-order valence-electron chi connectivity index (χ3n) is 5.49. The molecule has 148 valence electrons. The van der Waals surface area contributed by atoms with Crippen LogP contribution in [-0.4, -0.2) is 29.8 Å². The molecule has 1 fully saturated rings. The summed E-state index contributed by atoms with van der Waals surface area (Å²) in [7, 11) is 0. The van der Waals surface area contributed by atoms with Crippen molar-refractivity contribution in [3.63, 3.8) is 0 Å². The highest BCUT2D eigenvalue weighted by atomic mass is 16.2. The second kappa shape index (κ2) is 8.91. The van der Waals surface area contributed by atoms with Crippen LogP contribution in [0.15, 0.2) is 66.7 Å². The van der Waals surface area contributed by atoms with Gasteiger partial charge < -0.3 is 10.2 Å². The van der Waals surface area contributed by atoms with Gasteiger partial charge in [-0.2, -0.15) is 0 Å². The lowest BCUT2D eigenvalue weighted by atomic mass is 10.0. The van der Waals surface area contributed by atoms with E-state index in [1.165, 1.54) is 11.8 Å². The quantitative estimate of drug-likeness (QED) is 0.710. The molecule has 3 aromatic rings. The van der Waals surface area contributed by atoms with E-state index in [0.29, 0.717) is 18.5 Å². The van der Waals surface area contributed by atoms with Crippen molar-refractivity contribution in [1.82, 2.24) is 10.2 Å². The van der Waals surface area contributed by atoms with E-state index >= 15 is 0 Å². The summed E-state index contributed by atoms with van der Waals surface area (Å²) in [5, 5.41) is 5.29. The van der Waals surface area contributed by atoms with E-state index in [-0.39, 0.29) is 11.8 Å². The molecule has 29 heavy (non-hydrogen) atoms. The van der Waals surface area contributed by atoms with Crippen molar-refractivity contribution in [3.8, 4) is 0 Å². The van der Waals surface area contributed by atoms with Crippen molar-refractivity contribution >= 4 is 22.6 Å². The maximum absolute atomic E-state index is 12.7. The lowest BCUT2D eigenvalue weighted by Crippen LogP contribution is -2.35. The van der Waals surface area contributed by atoms with Gasteiger partial charge in [0.25, 0.3) is 5.91 Å². The first-order valence-electron chi connectivity index (χ1n) is 10.3. The third kappa shape index (κ3) is 4.83. The van der Waals surface area contributed by atoms with E-state index in [2.05, 4.69) is 23.5 Å². The first-order chi connectivity index (χ1) is 14.2. The number of hydrogen-bond donors (Lipinski definition) is 1. The summed E-state index contributed by atoms with van der Waals surface area (Å²) in [6, 6.07) is 21.8. The van der Waals surface area contributed by atoms with Crippen LogP contribution in [0.2, 0.25) is 0 Å². The molecule has 0 radical (unpaired) electrons. The van der Waals surface area contributed by atoms with Crippen LogP contribution in [-0.2, 0) is 17.8 Å². The lowest BCUT2D eigenvalue weighted by Gasteiger charge is -2.26. The highest BCUT2D eigenvalue weighted by Crippen LogP contribution is 2.17. The molecule has 4 heteroatoms. The number of hydrogen-bond acceptors (Lipinski definition) is 2. The Morgan fingerprint density at radius 3 is 2.41 bits per heavy atom. The highest BCUT2D eigenvalue weighted by Gasteiger charge is 2.18. The number of fused-ring (bicyclic) bond motifs is 1. The minimum atomic E-state index is -0.0203. The Hall–Kier alpha value is -3.14. The smallest absolute Gasteiger partial charge is 0.253 e. The number of benzene rings is 3. The van der Waals surface area contributed by atoms with Gasteiger partial charge in [-0.25, -0.2) is 0 Å². The first-order valence-corrected chi connectivity index (χ1v) is 10.3. The lowest BCUT2D eigenvalue weighted by molar-refractivity contribution is -0.120. The number of nitrogens with one attached hydrogen (secondary N) is 1. The zero-order valence-corrected chi connectivity index (χ0v) is 16.6. The molecular formula is C25H26N2O2. The minimum Gasteiger partial charge on any atom is -0.352 e. The minimum absolute atomic E-state index is 0.0203. The predicted octanol–water partition coefficient (Wildman–Crippen LogP) is 4.32. The van der Waals surface area contributed by atoms with E-state index in [1.807, 2.05) is 53.4 Å². The predicted molar refractivity (Wildman–Crippen MR) is 116 cm³/mol. The van der Waals surface area contributed by atoms with Gasteiger partial charge in [-0.1, -0.05) is 54.6 Å². The Kier molecular flexibility index (Phi) is 5.89. The number of amides is 2. The molecule has 0 spiro atoms. The van der Waals surface area contributed by atoms with Crippen molar-refractivity contribution in [2.24, 2.45) is 0 Å². The van der Waals surface area contributed by atoms with Crippen molar-refractivity contribution in [2.75, 3.05) is 13.1 Å². The van der Waals surface area contributed by atoms with E-state index < -0.39 is 0 Å². The fourth-order valence-corrected chi connectivity index (χ4v) is 3.89. The van der Waals surface area contributed by atoms with Crippen molar-refractivity contribution in [3.05, 3.63) is 83.4 Å². The second-order valence-electron chi connectivity index (χ2n) is 7.69. The molecule has 3 aromatic carbocycles. The molecule has 0 bridgehead atoms. The summed E-state index contributed by atoms with van der Waals surface area (Å²) in [5.74, 6) is 0.0714. The number of carbonyl (C=O) groups is 2. The monoisotopic (exact) mass is 386 g/mol. The van der Waals surface area contributed by atoms with Gasteiger partial charge in [-0.15, -0.1) is 0 Å². The SMILES string of the molecule is O=C(Cc1ccc2ccccc2c1)NCc1cccc(C(=O)N2CCCCC2)c1. The molecule has 1 heterocycles. The number of nitrogens with zero attached hydrogens (tertiary/aromatic N) is 1. The van der Waals surface area contributed by atoms with Gasteiger partial charge >= 0.3 is 0 Å². The summed E-state index contributed by atoms with van der Waals surface area (Å²) in [5.41, 5.74) is 2.64. The van der Waals surface area contributed by atoms with Gasteiger partial charge in [-0.3, -0.25) is 9.59 Å². The number of rotatable bonds is 5. The zero-order chi connectivity index (χ0) is 20.1. The molecule has 1 saturated heterocycles. The summed E-state index contributed by atoms with van der Waals surface area (Å²) < 4.78 is 0. The van der Waals surface area contributed by atoms with E-state index in [4.69, 9.17) is 0 Å². The molecule has 1 N–H and O–H groups in total. The average Bonchev–Trinajstić information content (AvgIpc) is 2.78. The molecule has 0 unspecified atom stereocenters. The second-order valence-corrected chi connectivity index (χ2v) is 7.69. The van der Waals surface area contributed by atoms with Crippen LogP contribution < -0.4 is 5.32 Å². The van der Waals surface area contributed by atoms with Crippen LogP contribution in [0.4, 0.5) is 0 Å². The van der Waals surface area contributed by atoms with Crippen molar-refractivity contribution in [1.29, 1.82) is 0 Å². The molecule has 0 saturated carbocycles. The van der Waals surface area contributed by atoms with Crippen LogP contribution in [0, 0.1) is 0 Å². The van der Waals surface area contributed by atoms with Gasteiger partial charge in [0.05, 0.1) is 6.42 Å². The Balaban J connectivity index is 1.35. The molecule has 4 rings (SSSR count). The molecular weight excluding hydrogens is 360 g/mol. The van der Waals surface area contributed by atoms with Crippen LogP contribution in [0.3, 0.4) is 0 Å². The van der Waals surface area contributed by atoms with Crippen molar-refractivity contribution in [2.45, 2.75) is 32.2 Å². The Labute approximate surface area is 171 Å². The Bertz CT molecular complexity index is 1020. The average molecular weight is 386 g/mol. The fraction of sp³-hybridized carbons (Fsp3) is 0.280. The fourth-order valence-electron chi connectivity index (χ4n) is 3.89. The van der Waals surface area contributed by atoms with Gasteiger partial charge in [0.1, 0.15) is 0 Å². The largest absolute Gasteiger partial charge is 0.352 e. The first kappa shape index (κ1) is 19.2. The molecule has 0 aliphatic carbocycles. The summed E-state index contributed by atoms with van der Waals surface area (Å²) in [6.07, 6.45) is 3.71. The zero-order valence-electron chi connectivity index (χ0n) is 16.6. The van der Waals surface area contributed by atoms with Crippen LogP contribution in [0.25, 0.3) is 10.8 Å². The van der Waals surface area contributed by atoms with E-state index in [1.54, 1.807) is 0 Å². The van der Waals surface area contributed by atoms with Gasteiger partial charge in [0.15, 0.2) is 0 Å². The summed E-state index contributed by atoms with van der Waals surface area (Å²) in [4.78, 5) is 27.0. The molecule has 4 nitrogen and oxygen atoms in total. The normalized spacial score (nSPS) is 14.0. The number of carbonyl (C=O) groups excluding carboxylic acids is 2. The Morgan fingerprint density at radius 1 is 0.793 bits per heavy atom. The van der Waals surface area contributed by atoms with Gasteiger partial charge in [-0.05, 0) is 53.3 Å². The number of piperidine rings is 1. The van der Waals surface area contributed by atoms with Crippen molar-refractivity contribution < 1.29 is 9.59 Å². The standard InChI is InChI=1S/C25H26N2O2/c28-24(17-19-11-12-21-8-2-3-9-22(21)15-19)26-18-20-7-6-10-23(16-20)25(29)27-13-4-1-5-14-27/h2-3,6-12,15-16H,1,4-5,13-14,17-18H2,(H,26,28). The van der Waals surface area contributed by atoms with Gasteiger partial charge in [0.2, 0.25) is 5.91 Å². The summed E-state index contributed by atoms with van der Waals surface area (Å²) >= 11 is 0. The molecule has 1 aliphatic heterocycles. The van der Waals surface area contributed by atoms with Crippen LogP contribution >= 0.6 is 0 Å². The van der Waals surface area contributed by atoms with Gasteiger partial charge in [0, 0.05) is 25.2 Å². The van der Waals surface area contributed by atoms with E-state index in [0.717, 1.165) is 42.4 Å². The number of likely N-dealkylation sites (tertiary alicyclic amines) is 1.